The molecule has 1 unspecified atom stereocenters. The van der Waals surface area contributed by atoms with Crippen molar-refractivity contribution in [2.75, 3.05) is 0 Å². The van der Waals surface area contributed by atoms with Crippen LogP contribution in [-0.4, -0.2) is 17.3 Å². The number of Topliss-reactive ketones (excluding diaryl/α,β-unsaturated/α-hetero) is 3. The van der Waals surface area contributed by atoms with Gasteiger partial charge >= 0.3 is 0 Å². The van der Waals surface area contributed by atoms with Gasteiger partial charge in [-0.05, 0) is 6.92 Å². The lowest BCUT2D eigenvalue weighted by Gasteiger charge is -2.10. The fourth-order valence-electron chi connectivity index (χ4n) is 1.53. The average molecular weight is 246 g/mol. The van der Waals surface area contributed by atoms with Gasteiger partial charge in [-0.15, -0.1) is 0 Å². The molecule has 0 heterocycles. The van der Waals surface area contributed by atoms with Gasteiger partial charge in [0, 0.05) is 11.5 Å². The van der Waals surface area contributed by atoms with E-state index in [1.165, 1.54) is 0 Å². The van der Waals surface area contributed by atoms with Crippen LogP contribution in [0.25, 0.3) is 0 Å². The van der Waals surface area contributed by atoms with Gasteiger partial charge in [-0.25, -0.2) is 0 Å². The number of hydrogen-bond acceptors (Lipinski definition) is 3. The molecule has 0 N–H and O–H groups in total. The van der Waals surface area contributed by atoms with Crippen molar-refractivity contribution < 1.29 is 14.4 Å². The summed E-state index contributed by atoms with van der Waals surface area (Å²) in [4.78, 5) is 35.3. The van der Waals surface area contributed by atoms with Crippen LogP contribution in [0.4, 0.5) is 0 Å². The molecule has 0 aliphatic carbocycles. The zero-order valence-electron chi connectivity index (χ0n) is 11.0. The van der Waals surface area contributed by atoms with Gasteiger partial charge in [0.25, 0.3) is 0 Å². The number of carbonyl (C=O) groups is 3. The Balaban J connectivity index is 2.70. The number of hydrogen-bond donors (Lipinski definition) is 0. The van der Waals surface area contributed by atoms with Crippen LogP contribution in [0.5, 0.6) is 0 Å². The summed E-state index contributed by atoms with van der Waals surface area (Å²) in [5.74, 6) is -1.57. The van der Waals surface area contributed by atoms with Crippen LogP contribution in [0, 0.1) is 11.8 Å². The van der Waals surface area contributed by atoms with E-state index in [1.807, 2.05) is 6.07 Å². The Labute approximate surface area is 107 Å². The summed E-state index contributed by atoms with van der Waals surface area (Å²) in [5.41, 5.74) is 0.510. The standard InChI is InChI=1S/C15H18O3/c1-10(2)13(16)9-14(17)11(3)15(18)12-7-5-4-6-8-12/h4-8,10-11H,9H2,1-3H3. The second-order valence-electron chi connectivity index (χ2n) is 4.72. The predicted octanol–water partition coefficient (Wildman–Crippen LogP) is 2.69. The Bertz CT molecular complexity index is 446. The van der Waals surface area contributed by atoms with Crippen molar-refractivity contribution in [3.05, 3.63) is 35.9 Å². The molecule has 0 aliphatic heterocycles. The molecule has 96 valence electrons. The molecule has 3 heteroatoms. The first-order valence-electron chi connectivity index (χ1n) is 6.08. The topological polar surface area (TPSA) is 51.2 Å². The molecular formula is C15H18O3. The molecule has 0 radical (unpaired) electrons. The molecule has 0 saturated heterocycles. The lowest BCUT2D eigenvalue weighted by molar-refractivity contribution is -0.129. The minimum Gasteiger partial charge on any atom is -0.299 e. The normalized spacial score (nSPS) is 12.2. The van der Waals surface area contributed by atoms with Crippen molar-refractivity contribution in [3.63, 3.8) is 0 Å². The van der Waals surface area contributed by atoms with Gasteiger partial charge in [0.2, 0.25) is 0 Å². The van der Waals surface area contributed by atoms with E-state index < -0.39 is 5.92 Å². The molecule has 0 bridgehead atoms. The molecule has 18 heavy (non-hydrogen) atoms. The predicted molar refractivity (Wildman–Crippen MR) is 69.4 cm³/mol. The Morgan fingerprint density at radius 3 is 2.00 bits per heavy atom. The van der Waals surface area contributed by atoms with E-state index in [2.05, 4.69) is 0 Å². The Morgan fingerprint density at radius 2 is 1.50 bits per heavy atom. The molecule has 0 aromatic heterocycles. The average Bonchev–Trinajstić information content (AvgIpc) is 2.37. The van der Waals surface area contributed by atoms with E-state index in [0.717, 1.165) is 0 Å². The highest BCUT2D eigenvalue weighted by molar-refractivity contribution is 6.14. The largest absolute Gasteiger partial charge is 0.299 e. The van der Waals surface area contributed by atoms with Gasteiger partial charge in [-0.1, -0.05) is 44.2 Å². The highest BCUT2D eigenvalue weighted by atomic mass is 16.2. The molecule has 1 aromatic rings. The van der Waals surface area contributed by atoms with E-state index in [9.17, 15) is 14.4 Å². The van der Waals surface area contributed by atoms with Gasteiger partial charge < -0.3 is 0 Å². The van der Waals surface area contributed by atoms with Crippen molar-refractivity contribution in [1.82, 2.24) is 0 Å². The Hall–Kier alpha value is -1.77. The van der Waals surface area contributed by atoms with E-state index in [0.29, 0.717) is 5.56 Å². The van der Waals surface area contributed by atoms with Crippen molar-refractivity contribution >= 4 is 17.3 Å². The fraction of sp³-hybridized carbons (Fsp3) is 0.400. The van der Waals surface area contributed by atoms with E-state index in [4.69, 9.17) is 0 Å². The maximum absolute atomic E-state index is 12.0. The Kier molecular flexibility index (Phi) is 4.95. The summed E-state index contributed by atoms with van der Waals surface area (Å²) in [5, 5.41) is 0. The summed E-state index contributed by atoms with van der Waals surface area (Å²) < 4.78 is 0. The number of ketones is 3. The van der Waals surface area contributed by atoms with Gasteiger partial charge in [-0.3, -0.25) is 14.4 Å². The summed E-state index contributed by atoms with van der Waals surface area (Å²) in [6.07, 6.45) is -0.155. The zero-order valence-corrected chi connectivity index (χ0v) is 11.0. The van der Waals surface area contributed by atoms with Crippen LogP contribution in [0.1, 0.15) is 37.6 Å². The first-order valence-corrected chi connectivity index (χ1v) is 6.08. The van der Waals surface area contributed by atoms with Crippen LogP contribution in [0.3, 0.4) is 0 Å². The Morgan fingerprint density at radius 1 is 0.944 bits per heavy atom. The maximum atomic E-state index is 12.0. The summed E-state index contributed by atoms with van der Waals surface area (Å²) >= 11 is 0. The van der Waals surface area contributed by atoms with E-state index >= 15 is 0 Å². The summed E-state index contributed by atoms with van der Waals surface area (Å²) in [6.45, 7) is 5.06. The lowest BCUT2D eigenvalue weighted by atomic mass is 9.91. The smallest absolute Gasteiger partial charge is 0.173 e. The van der Waals surface area contributed by atoms with Crippen molar-refractivity contribution in [2.24, 2.45) is 11.8 Å². The van der Waals surface area contributed by atoms with E-state index in [1.54, 1.807) is 45.0 Å². The molecule has 1 rings (SSSR count). The molecule has 0 amide bonds. The summed E-state index contributed by atoms with van der Waals surface area (Å²) in [6, 6.07) is 8.67. The first kappa shape index (κ1) is 14.3. The maximum Gasteiger partial charge on any atom is 0.173 e. The van der Waals surface area contributed by atoms with E-state index in [-0.39, 0.29) is 29.7 Å². The molecule has 0 spiro atoms. The van der Waals surface area contributed by atoms with Crippen molar-refractivity contribution in [3.8, 4) is 0 Å². The molecule has 0 fully saturated rings. The van der Waals surface area contributed by atoms with Crippen LogP contribution in [0.15, 0.2) is 30.3 Å². The molecule has 1 atom stereocenters. The zero-order chi connectivity index (χ0) is 13.7. The lowest BCUT2D eigenvalue weighted by Crippen LogP contribution is -2.25. The third-order valence-electron chi connectivity index (χ3n) is 2.93. The van der Waals surface area contributed by atoms with Crippen molar-refractivity contribution in [2.45, 2.75) is 27.2 Å². The van der Waals surface area contributed by atoms with Crippen molar-refractivity contribution in [1.29, 1.82) is 0 Å². The number of benzene rings is 1. The van der Waals surface area contributed by atoms with Crippen LogP contribution >= 0.6 is 0 Å². The third kappa shape index (κ3) is 3.62. The monoisotopic (exact) mass is 246 g/mol. The van der Waals surface area contributed by atoms with Crippen LogP contribution in [-0.2, 0) is 9.59 Å². The van der Waals surface area contributed by atoms with Gasteiger partial charge in [0.15, 0.2) is 11.6 Å². The van der Waals surface area contributed by atoms with Crippen LogP contribution in [0.2, 0.25) is 0 Å². The third-order valence-corrected chi connectivity index (χ3v) is 2.93. The minimum atomic E-state index is -0.755. The quantitative estimate of drug-likeness (QED) is 0.572. The molecule has 0 saturated carbocycles. The number of rotatable bonds is 6. The second-order valence-corrected chi connectivity index (χ2v) is 4.72. The number of carbonyl (C=O) groups excluding carboxylic acids is 3. The van der Waals surface area contributed by atoms with Gasteiger partial charge in [0.1, 0.15) is 5.78 Å². The SMILES string of the molecule is CC(C)C(=O)CC(=O)C(C)C(=O)c1ccccc1. The first-order chi connectivity index (χ1) is 8.43. The minimum absolute atomic E-state index is 0.118. The molecule has 1 aromatic carbocycles. The highest BCUT2D eigenvalue weighted by Crippen LogP contribution is 2.12. The molecular weight excluding hydrogens is 228 g/mol. The summed E-state index contributed by atoms with van der Waals surface area (Å²) in [7, 11) is 0. The van der Waals surface area contributed by atoms with Crippen LogP contribution < -0.4 is 0 Å². The molecule has 0 aliphatic rings. The van der Waals surface area contributed by atoms with Gasteiger partial charge in [-0.2, -0.15) is 0 Å². The fourth-order valence-corrected chi connectivity index (χ4v) is 1.53. The van der Waals surface area contributed by atoms with Gasteiger partial charge in [0.05, 0.1) is 12.3 Å². The molecule has 3 nitrogen and oxygen atoms in total. The second kappa shape index (κ2) is 6.24. The highest BCUT2D eigenvalue weighted by Gasteiger charge is 2.24.